The summed E-state index contributed by atoms with van der Waals surface area (Å²) in [7, 11) is 2.23. The van der Waals surface area contributed by atoms with E-state index in [1.807, 2.05) is 32.0 Å². The second-order valence-corrected chi connectivity index (χ2v) is 7.58. The Morgan fingerprint density at radius 2 is 1.64 bits per heavy atom. The SMILES string of the molecule is CC.CCC.CN(C1CCOCC1)[C@@H]1CCC(C(=O)NCc2ccccc2)C1. The molecular formula is C24H42N2O2. The maximum absolute atomic E-state index is 12.4. The minimum atomic E-state index is 0.172. The van der Waals surface area contributed by atoms with Crippen LogP contribution in [-0.4, -0.2) is 43.2 Å². The van der Waals surface area contributed by atoms with Crippen molar-refractivity contribution in [2.45, 2.75) is 84.8 Å². The lowest BCUT2D eigenvalue weighted by molar-refractivity contribution is -0.125. The summed E-state index contributed by atoms with van der Waals surface area (Å²) in [5, 5.41) is 3.10. The van der Waals surface area contributed by atoms with Crippen molar-refractivity contribution in [2.75, 3.05) is 20.3 Å². The highest BCUT2D eigenvalue weighted by Crippen LogP contribution is 2.31. The number of amides is 1. The molecule has 0 radical (unpaired) electrons. The Balaban J connectivity index is 0.000000717. The molecule has 1 saturated carbocycles. The molecule has 1 N–H and O–H groups in total. The molecule has 1 aliphatic carbocycles. The van der Waals surface area contributed by atoms with Gasteiger partial charge in [-0.15, -0.1) is 0 Å². The molecule has 0 bridgehead atoms. The van der Waals surface area contributed by atoms with E-state index in [0.717, 1.165) is 50.9 Å². The van der Waals surface area contributed by atoms with Crippen molar-refractivity contribution >= 4 is 5.91 Å². The van der Waals surface area contributed by atoms with Gasteiger partial charge < -0.3 is 15.0 Å². The molecule has 2 fully saturated rings. The number of nitrogens with one attached hydrogen (secondary N) is 1. The fourth-order valence-corrected chi connectivity index (χ4v) is 3.89. The van der Waals surface area contributed by atoms with Gasteiger partial charge in [-0.2, -0.15) is 0 Å². The van der Waals surface area contributed by atoms with Gasteiger partial charge in [-0.05, 0) is 44.7 Å². The van der Waals surface area contributed by atoms with Crippen molar-refractivity contribution in [2.24, 2.45) is 5.92 Å². The molecule has 0 spiro atoms. The Hall–Kier alpha value is -1.39. The van der Waals surface area contributed by atoms with Crippen LogP contribution in [0.5, 0.6) is 0 Å². The van der Waals surface area contributed by atoms with Crippen LogP contribution in [0.4, 0.5) is 0 Å². The van der Waals surface area contributed by atoms with Crippen molar-refractivity contribution in [3.63, 3.8) is 0 Å². The highest BCUT2D eigenvalue weighted by atomic mass is 16.5. The van der Waals surface area contributed by atoms with E-state index in [-0.39, 0.29) is 11.8 Å². The maximum Gasteiger partial charge on any atom is 0.223 e. The summed E-state index contributed by atoms with van der Waals surface area (Å²) in [6, 6.07) is 11.3. The van der Waals surface area contributed by atoms with Crippen LogP contribution in [0.3, 0.4) is 0 Å². The zero-order valence-electron chi connectivity index (χ0n) is 18.7. The van der Waals surface area contributed by atoms with Crippen LogP contribution in [0.15, 0.2) is 30.3 Å². The van der Waals surface area contributed by atoms with E-state index >= 15 is 0 Å². The third-order valence-corrected chi connectivity index (χ3v) is 5.43. The van der Waals surface area contributed by atoms with Crippen LogP contribution in [-0.2, 0) is 16.1 Å². The van der Waals surface area contributed by atoms with Crippen LogP contribution in [0.2, 0.25) is 0 Å². The molecule has 28 heavy (non-hydrogen) atoms. The van der Waals surface area contributed by atoms with Gasteiger partial charge in [-0.3, -0.25) is 4.79 Å². The van der Waals surface area contributed by atoms with Crippen LogP contribution < -0.4 is 5.32 Å². The minimum Gasteiger partial charge on any atom is -0.381 e. The molecule has 1 aromatic rings. The first-order chi connectivity index (χ1) is 13.7. The lowest BCUT2D eigenvalue weighted by atomic mass is 10.0. The van der Waals surface area contributed by atoms with Gasteiger partial charge in [0.1, 0.15) is 0 Å². The smallest absolute Gasteiger partial charge is 0.223 e. The molecule has 4 nitrogen and oxygen atoms in total. The second kappa shape index (κ2) is 14.6. The Morgan fingerprint density at radius 3 is 2.25 bits per heavy atom. The first-order valence-corrected chi connectivity index (χ1v) is 11.3. The summed E-state index contributed by atoms with van der Waals surface area (Å²) in [4.78, 5) is 14.9. The molecule has 2 aliphatic rings. The first kappa shape index (κ1) is 24.6. The summed E-state index contributed by atoms with van der Waals surface area (Å²) in [5.74, 6) is 0.391. The highest BCUT2D eigenvalue weighted by Gasteiger charge is 2.34. The zero-order chi connectivity index (χ0) is 20.8. The van der Waals surface area contributed by atoms with E-state index in [0.29, 0.717) is 18.6 Å². The van der Waals surface area contributed by atoms with Gasteiger partial charge in [-0.25, -0.2) is 0 Å². The lowest BCUT2D eigenvalue weighted by Gasteiger charge is -2.35. The number of hydrogen-bond donors (Lipinski definition) is 1. The van der Waals surface area contributed by atoms with Crippen molar-refractivity contribution < 1.29 is 9.53 Å². The summed E-state index contributed by atoms with van der Waals surface area (Å²) < 4.78 is 5.46. The predicted octanol–water partition coefficient (Wildman–Crippen LogP) is 5.02. The molecule has 160 valence electrons. The molecule has 0 aromatic heterocycles. The van der Waals surface area contributed by atoms with E-state index in [9.17, 15) is 4.79 Å². The number of hydrogen-bond acceptors (Lipinski definition) is 3. The van der Waals surface area contributed by atoms with E-state index < -0.39 is 0 Å². The number of ether oxygens (including phenoxy) is 1. The van der Waals surface area contributed by atoms with E-state index in [2.05, 4.69) is 43.2 Å². The van der Waals surface area contributed by atoms with Crippen molar-refractivity contribution in [3.8, 4) is 0 Å². The van der Waals surface area contributed by atoms with E-state index in [4.69, 9.17) is 4.74 Å². The zero-order valence-corrected chi connectivity index (χ0v) is 18.7. The Labute approximate surface area is 173 Å². The summed E-state index contributed by atoms with van der Waals surface area (Å²) in [6.45, 7) is 10.6. The number of nitrogens with zero attached hydrogens (tertiary/aromatic N) is 1. The van der Waals surface area contributed by atoms with Crippen molar-refractivity contribution in [3.05, 3.63) is 35.9 Å². The topological polar surface area (TPSA) is 41.6 Å². The van der Waals surface area contributed by atoms with Gasteiger partial charge in [-0.1, -0.05) is 64.4 Å². The third kappa shape index (κ3) is 8.32. The second-order valence-electron chi connectivity index (χ2n) is 7.58. The summed E-state index contributed by atoms with van der Waals surface area (Å²) in [6.07, 6.45) is 6.64. The first-order valence-electron chi connectivity index (χ1n) is 11.3. The molecular weight excluding hydrogens is 348 g/mol. The van der Waals surface area contributed by atoms with E-state index in [1.165, 1.54) is 6.42 Å². The number of benzene rings is 1. The Kier molecular flexibility index (Phi) is 12.8. The average molecular weight is 391 g/mol. The number of carbonyl (C=O) groups is 1. The fraction of sp³-hybridized carbons (Fsp3) is 0.708. The monoisotopic (exact) mass is 390 g/mol. The standard InChI is InChI=1S/C19H28N2O2.C3H8.C2H6/c1-21(17-9-11-23-12-10-17)18-8-7-16(13-18)19(22)20-14-15-5-3-2-4-6-15;1-3-2;1-2/h2-6,16-18H,7-14H2,1H3,(H,20,22);3H2,1-2H3;1-2H3/t16?,18-;;/m1../s1. The molecule has 4 heteroatoms. The molecule has 1 amide bonds. The quantitative estimate of drug-likeness (QED) is 0.767. The maximum atomic E-state index is 12.4. The lowest BCUT2D eigenvalue weighted by Crippen LogP contribution is -2.42. The van der Waals surface area contributed by atoms with Gasteiger partial charge in [0.15, 0.2) is 0 Å². The van der Waals surface area contributed by atoms with Gasteiger partial charge in [0.2, 0.25) is 5.91 Å². The largest absolute Gasteiger partial charge is 0.381 e. The number of carbonyl (C=O) groups excluding carboxylic acids is 1. The normalized spacial score (nSPS) is 21.9. The molecule has 1 aromatic carbocycles. The fourth-order valence-electron chi connectivity index (χ4n) is 3.89. The average Bonchev–Trinajstić information content (AvgIpc) is 3.25. The number of rotatable bonds is 5. The molecule has 1 saturated heterocycles. The van der Waals surface area contributed by atoms with Crippen LogP contribution in [0, 0.1) is 5.92 Å². The van der Waals surface area contributed by atoms with Crippen LogP contribution >= 0.6 is 0 Å². The highest BCUT2D eigenvalue weighted by molar-refractivity contribution is 5.79. The third-order valence-electron chi connectivity index (χ3n) is 5.43. The van der Waals surface area contributed by atoms with Gasteiger partial charge in [0, 0.05) is 37.8 Å². The molecule has 1 heterocycles. The van der Waals surface area contributed by atoms with Gasteiger partial charge >= 0.3 is 0 Å². The Morgan fingerprint density at radius 1 is 1.04 bits per heavy atom. The summed E-state index contributed by atoms with van der Waals surface area (Å²) >= 11 is 0. The predicted molar refractivity (Wildman–Crippen MR) is 118 cm³/mol. The Bertz CT molecular complexity index is 515. The molecule has 2 atom stereocenters. The van der Waals surface area contributed by atoms with Crippen LogP contribution in [0.1, 0.15) is 71.8 Å². The van der Waals surface area contributed by atoms with E-state index in [1.54, 1.807) is 0 Å². The molecule has 3 rings (SSSR count). The molecule has 1 aliphatic heterocycles. The van der Waals surface area contributed by atoms with Gasteiger partial charge in [0.05, 0.1) is 0 Å². The minimum absolute atomic E-state index is 0.172. The van der Waals surface area contributed by atoms with Crippen LogP contribution in [0.25, 0.3) is 0 Å². The summed E-state index contributed by atoms with van der Waals surface area (Å²) in [5.41, 5.74) is 1.16. The van der Waals surface area contributed by atoms with Gasteiger partial charge in [0.25, 0.3) is 0 Å². The van der Waals surface area contributed by atoms with Crippen molar-refractivity contribution in [1.29, 1.82) is 0 Å². The van der Waals surface area contributed by atoms with Crippen molar-refractivity contribution in [1.82, 2.24) is 10.2 Å². The molecule has 1 unspecified atom stereocenters.